The fraction of sp³-hybridized carbons (Fsp3) is 0.231. The van der Waals surface area contributed by atoms with Crippen molar-refractivity contribution >= 4 is 61.2 Å². The minimum Gasteiger partial charge on any atom is -0.425 e. The van der Waals surface area contributed by atoms with Crippen molar-refractivity contribution < 1.29 is 14.3 Å². The third-order valence-electron chi connectivity index (χ3n) is 7.79. The van der Waals surface area contributed by atoms with E-state index in [4.69, 9.17) is 4.74 Å². The molecule has 0 bridgehead atoms. The minimum atomic E-state index is -1.22. The van der Waals surface area contributed by atoms with E-state index in [1.165, 1.54) is 0 Å². The number of anilines is 1. The number of nitrogens with zero attached hydrogens (tertiary/aromatic N) is 1. The van der Waals surface area contributed by atoms with Gasteiger partial charge in [0.15, 0.2) is 5.54 Å². The summed E-state index contributed by atoms with van der Waals surface area (Å²) < 4.78 is 7.83. The topological polar surface area (TPSA) is 58.6 Å². The molecule has 2 fully saturated rings. The number of carbonyl (C=O) groups excluding carboxylic acids is 2. The molecule has 8 heteroatoms. The number of benzene rings is 3. The van der Waals surface area contributed by atoms with E-state index in [-0.39, 0.29) is 23.8 Å². The van der Waals surface area contributed by atoms with Crippen LogP contribution in [0.5, 0.6) is 5.75 Å². The lowest BCUT2D eigenvalue weighted by atomic mass is 9.57. The van der Waals surface area contributed by atoms with Crippen LogP contribution in [0.4, 0.5) is 5.69 Å². The molecule has 3 aromatic rings. The first kappa shape index (κ1) is 21.2. The lowest BCUT2D eigenvalue weighted by Gasteiger charge is -2.42. The molecule has 2 spiro atoms. The van der Waals surface area contributed by atoms with E-state index in [1.54, 1.807) is 11.8 Å². The van der Waals surface area contributed by atoms with E-state index in [2.05, 4.69) is 54.2 Å². The molecule has 34 heavy (non-hydrogen) atoms. The second-order valence-corrected chi connectivity index (χ2v) is 11.9. The lowest BCUT2D eigenvalue weighted by molar-refractivity contribution is -0.147. The summed E-state index contributed by atoms with van der Waals surface area (Å²) in [7, 11) is 0. The number of fused-ring (bicyclic) bond motifs is 7. The van der Waals surface area contributed by atoms with E-state index >= 15 is 0 Å². The highest BCUT2D eigenvalue weighted by atomic mass is 79.9. The Morgan fingerprint density at radius 2 is 1.74 bits per heavy atom. The van der Waals surface area contributed by atoms with Gasteiger partial charge in [-0.2, -0.15) is 0 Å². The fourth-order valence-corrected chi connectivity index (χ4v) is 8.63. The molecular weight excluding hydrogens is 580 g/mol. The number of hydrogen-bond donors (Lipinski definition) is 1. The number of hydrogen-bond acceptors (Lipinski definition) is 5. The van der Waals surface area contributed by atoms with Gasteiger partial charge in [-0.25, -0.2) is 0 Å². The van der Waals surface area contributed by atoms with E-state index in [0.717, 1.165) is 37.1 Å². The Hall–Kier alpha value is -2.13. The molecule has 0 unspecified atom stereocenters. The van der Waals surface area contributed by atoms with Crippen molar-refractivity contribution in [2.45, 2.75) is 22.9 Å². The summed E-state index contributed by atoms with van der Waals surface area (Å²) in [5.74, 6) is 1.25. The molecule has 4 aliphatic heterocycles. The smallest absolute Gasteiger partial charge is 0.325 e. The maximum absolute atomic E-state index is 14.3. The van der Waals surface area contributed by atoms with Crippen molar-refractivity contribution in [1.29, 1.82) is 0 Å². The summed E-state index contributed by atoms with van der Waals surface area (Å²) in [6, 6.07) is 21.6. The maximum Gasteiger partial charge on any atom is 0.325 e. The first-order chi connectivity index (χ1) is 16.5. The summed E-state index contributed by atoms with van der Waals surface area (Å²) in [4.78, 5) is 30.8. The Labute approximate surface area is 217 Å². The molecule has 0 aliphatic carbocycles. The van der Waals surface area contributed by atoms with Gasteiger partial charge < -0.3 is 10.1 Å². The van der Waals surface area contributed by atoms with Gasteiger partial charge in [-0.3, -0.25) is 14.5 Å². The average Bonchev–Trinajstić information content (AvgIpc) is 3.54. The van der Waals surface area contributed by atoms with Crippen LogP contribution in [0, 0.1) is 0 Å². The number of carbonyl (C=O) groups is 2. The zero-order valence-electron chi connectivity index (χ0n) is 17.8. The van der Waals surface area contributed by atoms with Crippen LogP contribution in [0.1, 0.15) is 22.6 Å². The van der Waals surface area contributed by atoms with Crippen molar-refractivity contribution in [3.8, 4) is 5.75 Å². The number of esters is 1. The standard InChI is InChI=1S/C26H18Br2N2O3S/c27-15-7-5-14(6-8-15)22-20-12-34-13-30(20)26(18-11-16(28)9-10-19(18)29-23(26)31)25(22)17-3-1-2-4-21(17)33-24(25)32/h1-11,20,22H,12-13H2,(H,29,31)/t20-,22-,25-,26-/m1/s1. The molecule has 1 amide bonds. The molecule has 3 aromatic carbocycles. The van der Waals surface area contributed by atoms with Crippen LogP contribution in [-0.4, -0.2) is 34.4 Å². The van der Waals surface area contributed by atoms with Gasteiger partial charge in [0.25, 0.3) is 5.91 Å². The van der Waals surface area contributed by atoms with Gasteiger partial charge in [0.05, 0.1) is 0 Å². The van der Waals surface area contributed by atoms with Crippen LogP contribution in [-0.2, 0) is 20.5 Å². The first-order valence-corrected chi connectivity index (χ1v) is 13.8. The number of ether oxygens (including phenoxy) is 1. The monoisotopic (exact) mass is 596 g/mol. The van der Waals surface area contributed by atoms with Crippen molar-refractivity contribution in [2.24, 2.45) is 0 Å². The van der Waals surface area contributed by atoms with Crippen molar-refractivity contribution in [3.05, 3.63) is 92.4 Å². The SMILES string of the molecule is O=C1Oc2ccccc2[C@@]12[C@H](c1ccc(Br)cc1)[C@H]1CSCN1[C@]21C(=O)Nc2ccc(Br)cc21. The second-order valence-electron chi connectivity index (χ2n) is 9.11. The molecule has 170 valence electrons. The molecule has 0 aromatic heterocycles. The van der Waals surface area contributed by atoms with Crippen molar-refractivity contribution in [1.82, 2.24) is 4.90 Å². The number of rotatable bonds is 1. The van der Waals surface area contributed by atoms with Gasteiger partial charge in [0.1, 0.15) is 11.2 Å². The lowest BCUT2D eigenvalue weighted by Crippen LogP contribution is -2.61. The van der Waals surface area contributed by atoms with Gasteiger partial charge in [0.2, 0.25) is 0 Å². The molecule has 4 atom stereocenters. The molecule has 4 aliphatic rings. The van der Waals surface area contributed by atoms with Crippen molar-refractivity contribution in [2.75, 3.05) is 16.9 Å². The minimum absolute atomic E-state index is 0.0134. The molecular formula is C26H18Br2N2O3S. The average molecular weight is 598 g/mol. The normalized spacial score (nSPS) is 31.0. The maximum atomic E-state index is 14.3. The van der Waals surface area contributed by atoms with E-state index < -0.39 is 11.0 Å². The van der Waals surface area contributed by atoms with Gasteiger partial charge >= 0.3 is 5.97 Å². The number of amides is 1. The number of halogens is 2. The Morgan fingerprint density at radius 3 is 2.56 bits per heavy atom. The van der Waals surface area contributed by atoms with Crippen LogP contribution in [0.25, 0.3) is 0 Å². The van der Waals surface area contributed by atoms with Crippen LogP contribution in [0.2, 0.25) is 0 Å². The number of para-hydroxylation sites is 1. The molecule has 7 rings (SSSR count). The van der Waals surface area contributed by atoms with E-state index in [9.17, 15) is 9.59 Å². The number of thioether (sulfide) groups is 1. The number of nitrogens with one attached hydrogen (secondary N) is 1. The van der Waals surface area contributed by atoms with Gasteiger partial charge in [-0.15, -0.1) is 11.8 Å². The van der Waals surface area contributed by atoms with Crippen molar-refractivity contribution in [3.63, 3.8) is 0 Å². The predicted octanol–water partition coefficient (Wildman–Crippen LogP) is 5.39. The predicted molar refractivity (Wildman–Crippen MR) is 138 cm³/mol. The fourth-order valence-electron chi connectivity index (χ4n) is 6.71. The molecule has 4 heterocycles. The van der Waals surface area contributed by atoms with Crippen LogP contribution in [0.15, 0.2) is 75.7 Å². The molecule has 1 N–H and O–H groups in total. The largest absolute Gasteiger partial charge is 0.425 e. The molecule has 5 nitrogen and oxygen atoms in total. The summed E-state index contributed by atoms with van der Waals surface area (Å²) in [6.07, 6.45) is 0. The molecule has 0 saturated carbocycles. The zero-order valence-corrected chi connectivity index (χ0v) is 21.7. The summed E-state index contributed by atoms with van der Waals surface area (Å²) in [5, 5.41) is 3.13. The third-order valence-corrected chi connectivity index (χ3v) is 9.85. The van der Waals surface area contributed by atoms with Gasteiger partial charge in [-0.05, 0) is 42.0 Å². The Bertz CT molecular complexity index is 1400. The Balaban J connectivity index is 1.64. The highest BCUT2D eigenvalue weighted by Crippen LogP contribution is 2.70. The van der Waals surface area contributed by atoms with Gasteiger partial charge in [0, 0.05) is 49.3 Å². The summed E-state index contributed by atoms with van der Waals surface area (Å²) in [5.41, 5.74) is 0.947. The Morgan fingerprint density at radius 1 is 0.971 bits per heavy atom. The molecule has 2 saturated heterocycles. The van der Waals surface area contributed by atoms with Gasteiger partial charge in [-0.1, -0.05) is 62.2 Å². The van der Waals surface area contributed by atoms with Crippen LogP contribution in [0.3, 0.4) is 0 Å². The highest BCUT2D eigenvalue weighted by Gasteiger charge is 2.81. The third kappa shape index (κ3) is 2.35. The first-order valence-electron chi connectivity index (χ1n) is 11.0. The Kier molecular flexibility index (Phi) is 4.48. The van der Waals surface area contributed by atoms with E-state index in [0.29, 0.717) is 11.6 Å². The molecule has 0 radical (unpaired) electrons. The summed E-state index contributed by atoms with van der Waals surface area (Å²) >= 11 is 8.97. The van der Waals surface area contributed by atoms with Crippen LogP contribution < -0.4 is 10.1 Å². The zero-order chi connectivity index (χ0) is 23.2. The van der Waals surface area contributed by atoms with Crippen LogP contribution >= 0.6 is 43.6 Å². The summed E-state index contributed by atoms with van der Waals surface area (Å²) in [6.45, 7) is 0. The second kappa shape index (κ2) is 7.20. The quantitative estimate of drug-likeness (QED) is 0.301. The highest BCUT2D eigenvalue weighted by molar-refractivity contribution is 9.10. The van der Waals surface area contributed by atoms with E-state index in [1.807, 2.05) is 54.6 Å².